The minimum Gasteiger partial charge on any atom is -0.294 e. The van der Waals surface area contributed by atoms with Crippen molar-refractivity contribution in [1.82, 2.24) is 9.88 Å². The van der Waals surface area contributed by atoms with Crippen LogP contribution in [-0.4, -0.2) is 27.8 Å². The number of hydrogen-bond donors (Lipinski definition) is 0. The van der Waals surface area contributed by atoms with Gasteiger partial charge in [0.2, 0.25) is 0 Å². The Morgan fingerprint density at radius 3 is 2.40 bits per heavy atom. The first-order valence-corrected chi connectivity index (χ1v) is 7.00. The highest BCUT2D eigenvalue weighted by Crippen LogP contribution is 2.22. The predicted octanol–water partition coefficient (Wildman–Crippen LogP) is 3.37. The van der Waals surface area contributed by atoms with Crippen LogP contribution in [0.15, 0.2) is 0 Å². The first kappa shape index (κ1) is 13.1. The molecule has 86 valence electrons. The molecule has 0 bridgehead atoms. The van der Waals surface area contributed by atoms with Gasteiger partial charge in [-0.2, -0.15) is 0 Å². The number of rotatable bonds is 4. The Morgan fingerprint density at radius 2 is 2.00 bits per heavy atom. The van der Waals surface area contributed by atoms with Crippen molar-refractivity contribution in [2.45, 2.75) is 39.8 Å². The quantitative estimate of drug-likeness (QED) is 0.791. The summed E-state index contributed by atoms with van der Waals surface area (Å²) in [6.07, 6.45) is 0. The van der Waals surface area contributed by atoms with Crippen molar-refractivity contribution < 1.29 is 0 Å². The maximum atomic E-state index is 4.56. The van der Waals surface area contributed by atoms with E-state index < -0.39 is 0 Å². The van der Waals surface area contributed by atoms with Gasteiger partial charge in [-0.05, 0) is 34.7 Å². The normalized spacial score (nSPS) is 12.5. The van der Waals surface area contributed by atoms with Crippen molar-refractivity contribution in [1.29, 1.82) is 0 Å². The molecule has 1 aromatic rings. The molecular formula is C11H19BrN2S. The maximum Gasteiger partial charge on any atom is 0.107 e. The van der Waals surface area contributed by atoms with Crippen LogP contribution in [-0.2, 0) is 6.54 Å². The minimum absolute atomic E-state index is 0.174. The molecule has 1 aromatic heterocycles. The van der Waals surface area contributed by atoms with Gasteiger partial charge in [-0.1, -0.05) is 15.9 Å². The highest BCUT2D eigenvalue weighted by molar-refractivity contribution is 9.09. The van der Waals surface area contributed by atoms with E-state index in [1.165, 1.54) is 15.6 Å². The van der Waals surface area contributed by atoms with Crippen LogP contribution >= 0.6 is 27.3 Å². The van der Waals surface area contributed by atoms with E-state index in [2.05, 4.69) is 60.6 Å². The van der Waals surface area contributed by atoms with Crippen LogP contribution in [0.2, 0.25) is 0 Å². The molecule has 0 saturated carbocycles. The molecule has 1 rings (SSSR count). The van der Waals surface area contributed by atoms with Gasteiger partial charge in [0.25, 0.3) is 0 Å². The molecule has 15 heavy (non-hydrogen) atoms. The van der Waals surface area contributed by atoms with E-state index in [0.29, 0.717) is 0 Å². The average Bonchev–Trinajstić information content (AvgIpc) is 2.46. The van der Waals surface area contributed by atoms with Gasteiger partial charge in [0.1, 0.15) is 5.01 Å². The van der Waals surface area contributed by atoms with Crippen LogP contribution in [0.5, 0.6) is 0 Å². The van der Waals surface area contributed by atoms with Crippen LogP contribution in [0.4, 0.5) is 0 Å². The van der Waals surface area contributed by atoms with Crippen LogP contribution in [0.1, 0.15) is 29.4 Å². The lowest BCUT2D eigenvalue weighted by Crippen LogP contribution is -2.41. The van der Waals surface area contributed by atoms with Gasteiger partial charge in [-0.3, -0.25) is 4.90 Å². The Bertz CT molecular complexity index is 314. The third kappa shape index (κ3) is 3.26. The molecule has 0 saturated heterocycles. The standard InChI is InChI=1S/C11H19BrN2S/c1-8-9(2)15-10(13-8)6-14(5)11(3,4)7-12/h6-7H2,1-5H3. The lowest BCUT2D eigenvalue weighted by molar-refractivity contribution is 0.173. The van der Waals surface area contributed by atoms with Crippen LogP contribution in [0, 0.1) is 13.8 Å². The molecule has 0 N–H and O–H groups in total. The second-order valence-corrected chi connectivity index (χ2v) is 6.40. The second kappa shape index (κ2) is 4.93. The van der Waals surface area contributed by atoms with Gasteiger partial charge in [0.15, 0.2) is 0 Å². The molecule has 4 heteroatoms. The van der Waals surface area contributed by atoms with Crippen molar-refractivity contribution in [3.05, 3.63) is 15.6 Å². The summed E-state index contributed by atoms with van der Waals surface area (Å²) in [6, 6.07) is 0. The van der Waals surface area contributed by atoms with E-state index in [1.54, 1.807) is 11.3 Å². The molecule has 0 aliphatic heterocycles. The van der Waals surface area contributed by atoms with E-state index in [1.807, 2.05) is 0 Å². The summed E-state index contributed by atoms with van der Waals surface area (Å²) in [6.45, 7) is 9.60. The lowest BCUT2D eigenvalue weighted by atomic mass is 10.1. The van der Waals surface area contributed by atoms with Crippen LogP contribution in [0.3, 0.4) is 0 Å². The summed E-state index contributed by atoms with van der Waals surface area (Å²) in [5, 5.41) is 2.18. The predicted molar refractivity (Wildman–Crippen MR) is 70.9 cm³/mol. The second-order valence-electron chi connectivity index (χ2n) is 4.55. The topological polar surface area (TPSA) is 16.1 Å². The van der Waals surface area contributed by atoms with Gasteiger partial charge >= 0.3 is 0 Å². The Morgan fingerprint density at radius 1 is 1.40 bits per heavy atom. The molecule has 0 radical (unpaired) electrons. The van der Waals surface area contributed by atoms with Crippen molar-refractivity contribution in [3.8, 4) is 0 Å². The summed E-state index contributed by atoms with van der Waals surface area (Å²) in [5.74, 6) is 0. The number of aromatic nitrogens is 1. The van der Waals surface area contributed by atoms with Crippen molar-refractivity contribution in [2.75, 3.05) is 12.4 Å². The summed E-state index contributed by atoms with van der Waals surface area (Å²) in [7, 11) is 2.15. The summed E-state index contributed by atoms with van der Waals surface area (Å²) < 4.78 is 0. The average molecular weight is 291 g/mol. The van der Waals surface area contributed by atoms with Crippen molar-refractivity contribution >= 4 is 27.3 Å². The SMILES string of the molecule is Cc1nc(CN(C)C(C)(C)CBr)sc1C. The monoisotopic (exact) mass is 290 g/mol. The van der Waals surface area contributed by atoms with E-state index in [9.17, 15) is 0 Å². The zero-order chi connectivity index (χ0) is 11.6. The van der Waals surface area contributed by atoms with Gasteiger partial charge < -0.3 is 0 Å². The molecule has 0 aliphatic carbocycles. The van der Waals surface area contributed by atoms with Gasteiger partial charge in [-0.15, -0.1) is 11.3 Å². The zero-order valence-corrected chi connectivity index (χ0v) is 12.5. The maximum absolute atomic E-state index is 4.56. The summed E-state index contributed by atoms with van der Waals surface area (Å²) in [5.41, 5.74) is 1.34. The molecule has 0 aromatic carbocycles. The fraction of sp³-hybridized carbons (Fsp3) is 0.727. The Kier molecular flexibility index (Phi) is 4.32. The van der Waals surface area contributed by atoms with Gasteiger partial charge in [0, 0.05) is 15.7 Å². The number of halogens is 1. The Balaban J connectivity index is 2.70. The fourth-order valence-corrected chi connectivity index (χ4v) is 2.54. The lowest BCUT2D eigenvalue weighted by Gasteiger charge is -2.33. The summed E-state index contributed by atoms with van der Waals surface area (Å²) >= 11 is 5.35. The molecule has 1 heterocycles. The molecule has 2 nitrogen and oxygen atoms in total. The van der Waals surface area contributed by atoms with Crippen LogP contribution < -0.4 is 0 Å². The number of thiazole rings is 1. The van der Waals surface area contributed by atoms with Crippen molar-refractivity contribution in [2.24, 2.45) is 0 Å². The van der Waals surface area contributed by atoms with E-state index >= 15 is 0 Å². The number of hydrogen-bond acceptors (Lipinski definition) is 3. The molecule has 0 atom stereocenters. The smallest absolute Gasteiger partial charge is 0.107 e. The van der Waals surface area contributed by atoms with E-state index in [4.69, 9.17) is 0 Å². The minimum atomic E-state index is 0.174. The molecule has 0 aliphatic rings. The molecule has 0 spiro atoms. The highest BCUT2D eigenvalue weighted by atomic mass is 79.9. The number of nitrogens with zero attached hydrogens (tertiary/aromatic N) is 2. The Labute approximate surface area is 105 Å². The largest absolute Gasteiger partial charge is 0.294 e. The van der Waals surface area contributed by atoms with E-state index in [0.717, 1.165) is 11.9 Å². The molecule has 0 amide bonds. The van der Waals surface area contributed by atoms with E-state index in [-0.39, 0.29) is 5.54 Å². The summed E-state index contributed by atoms with van der Waals surface area (Å²) in [4.78, 5) is 8.22. The molecule has 0 fully saturated rings. The number of alkyl halides is 1. The van der Waals surface area contributed by atoms with Crippen LogP contribution in [0.25, 0.3) is 0 Å². The van der Waals surface area contributed by atoms with Crippen molar-refractivity contribution in [3.63, 3.8) is 0 Å². The fourth-order valence-electron chi connectivity index (χ4n) is 1.13. The molecular weight excluding hydrogens is 272 g/mol. The third-order valence-corrected chi connectivity index (χ3v) is 5.24. The first-order chi connectivity index (χ1) is 6.86. The van der Waals surface area contributed by atoms with Gasteiger partial charge in [-0.25, -0.2) is 4.98 Å². The number of aryl methyl sites for hydroxylation is 2. The zero-order valence-electron chi connectivity index (χ0n) is 10.1. The van der Waals surface area contributed by atoms with Gasteiger partial charge in [0.05, 0.1) is 12.2 Å². The highest BCUT2D eigenvalue weighted by Gasteiger charge is 2.22. The Hall–Kier alpha value is 0.0700. The first-order valence-electron chi connectivity index (χ1n) is 5.07. The third-order valence-electron chi connectivity index (χ3n) is 2.81. The molecule has 0 unspecified atom stereocenters.